The highest BCUT2D eigenvalue weighted by atomic mass is 32.1. The number of benzene rings is 3. The third-order valence-electron chi connectivity index (χ3n) is 5.81. The van der Waals surface area contributed by atoms with Crippen LogP contribution in [0.1, 0.15) is 30.3 Å². The Morgan fingerprint density at radius 1 is 1.03 bits per heavy atom. The molecule has 0 bridgehead atoms. The van der Waals surface area contributed by atoms with E-state index in [-0.39, 0.29) is 5.91 Å². The van der Waals surface area contributed by atoms with Crippen LogP contribution in [-0.2, 0) is 4.74 Å². The molecule has 5 nitrogen and oxygen atoms in total. The van der Waals surface area contributed by atoms with Gasteiger partial charge in [0.1, 0.15) is 5.69 Å². The quantitative estimate of drug-likeness (QED) is 0.252. The number of carbonyl (C=O) groups excluding carboxylic acids is 1. The highest BCUT2D eigenvalue weighted by Gasteiger charge is 2.14. The second-order valence-corrected chi connectivity index (χ2v) is 9.25. The maximum Gasteiger partial charge on any atom is 0.269 e. The Labute approximate surface area is 203 Å². The smallest absolute Gasteiger partial charge is 0.269 e. The lowest BCUT2D eigenvalue weighted by molar-refractivity contribution is 0.0934. The molecule has 0 unspecified atom stereocenters. The maximum atomic E-state index is 12.8. The van der Waals surface area contributed by atoms with Crippen LogP contribution in [0.5, 0.6) is 0 Å². The minimum absolute atomic E-state index is 0.134. The van der Waals surface area contributed by atoms with Crippen LogP contribution >= 0.6 is 11.3 Å². The standard InChI is InChI=1S/C28H27N3O2S/c1-2-15-33-16-7-14-30-28(32)25-18-29-19-31(25)21-9-5-8-20(17-21)22-11-6-12-24-23-10-3-4-13-26(23)34-27(22)24/h3-6,8-13,17-19H,2,7,14-16H2,1H3,(H,30,32). The van der Waals surface area contributed by atoms with Crippen molar-refractivity contribution in [1.29, 1.82) is 0 Å². The first-order valence-corrected chi connectivity index (χ1v) is 12.5. The molecule has 2 heterocycles. The predicted molar refractivity (Wildman–Crippen MR) is 140 cm³/mol. The van der Waals surface area contributed by atoms with E-state index >= 15 is 0 Å². The zero-order valence-corrected chi connectivity index (χ0v) is 20.0. The van der Waals surface area contributed by atoms with Crippen molar-refractivity contribution in [2.75, 3.05) is 19.8 Å². The number of carbonyl (C=O) groups is 1. The van der Waals surface area contributed by atoms with Gasteiger partial charge in [-0.2, -0.15) is 0 Å². The van der Waals surface area contributed by atoms with Crippen LogP contribution in [0.3, 0.4) is 0 Å². The number of nitrogens with zero attached hydrogens (tertiary/aromatic N) is 2. The van der Waals surface area contributed by atoms with Crippen LogP contribution in [0.15, 0.2) is 79.3 Å². The van der Waals surface area contributed by atoms with E-state index in [1.54, 1.807) is 12.5 Å². The van der Waals surface area contributed by atoms with Crippen LogP contribution in [-0.4, -0.2) is 35.2 Å². The summed E-state index contributed by atoms with van der Waals surface area (Å²) in [6, 6.07) is 23.3. The molecule has 2 aromatic heterocycles. The van der Waals surface area contributed by atoms with Gasteiger partial charge < -0.3 is 10.1 Å². The van der Waals surface area contributed by atoms with Crippen molar-refractivity contribution < 1.29 is 9.53 Å². The Balaban J connectivity index is 1.41. The number of thiophene rings is 1. The summed E-state index contributed by atoms with van der Waals surface area (Å²) >= 11 is 1.82. The molecule has 0 aliphatic rings. The maximum absolute atomic E-state index is 12.8. The first-order chi connectivity index (χ1) is 16.8. The van der Waals surface area contributed by atoms with Gasteiger partial charge in [-0.15, -0.1) is 11.3 Å². The lowest BCUT2D eigenvalue weighted by Crippen LogP contribution is -2.27. The van der Waals surface area contributed by atoms with Gasteiger partial charge in [0.15, 0.2) is 0 Å². The molecule has 3 aromatic carbocycles. The molecular formula is C28H27N3O2S. The summed E-state index contributed by atoms with van der Waals surface area (Å²) in [6.07, 6.45) is 5.09. The number of rotatable bonds is 9. The van der Waals surface area contributed by atoms with E-state index in [4.69, 9.17) is 4.74 Å². The van der Waals surface area contributed by atoms with E-state index in [0.717, 1.165) is 30.7 Å². The van der Waals surface area contributed by atoms with Gasteiger partial charge in [0, 0.05) is 45.6 Å². The molecule has 34 heavy (non-hydrogen) atoms. The molecule has 0 saturated heterocycles. The first-order valence-electron chi connectivity index (χ1n) is 11.7. The molecule has 0 aliphatic carbocycles. The van der Waals surface area contributed by atoms with Crippen LogP contribution < -0.4 is 5.32 Å². The number of hydrogen-bond donors (Lipinski definition) is 1. The largest absolute Gasteiger partial charge is 0.381 e. The fraction of sp³-hybridized carbons (Fsp3) is 0.214. The Morgan fingerprint density at radius 2 is 1.88 bits per heavy atom. The van der Waals surface area contributed by atoms with Crippen LogP contribution in [0.4, 0.5) is 0 Å². The monoisotopic (exact) mass is 469 g/mol. The van der Waals surface area contributed by atoms with Gasteiger partial charge in [0.2, 0.25) is 0 Å². The van der Waals surface area contributed by atoms with E-state index in [0.29, 0.717) is 18.8 Å². The van der Waals surface area contributed by atoms with Gasteiger partial charge in [-0.25, -0.2) is 4.98 Å². The third kappa shape index (κ3) is 4.47. The number of ether oxygens (including phenoxy) is 1. The number of hydrogen-bond acceptors (Lipinski definition) is 4. The topological polar surface area (TPSA) is 56.1 Å². The molecule has 0 fully saturated rings. The summed E-state index contributed by atoms with van der Waals surface area (Å²) in [6.45, 7) is 4.06. The van der Waals surface area contributed by atoms with Crippen molar-refractivity contribution in [3.8, 4) is 16.8 Å². The number of fused-ring (bicyclic) bond motifs is 3. The van der Waals surface area contributed by atoms with Crippen molar-refractivity contribution in [3.63, 3.8) is 0 Å². The van der Waals surface area contributed by atoms with Crippen molar-refractivity contribution in [1.82, 2.24) is 14.9 Å². The minimum atomic E-state index is -0.134. The molecule has 5 aromatic rings. The Morgan fingerprint density at radius 3 is 2.79 bits per heavy atom. The van der Waals surface area contributed by atoms with Crippen molar-refractivity contribution in [2.24, 2.45) is 0 Å². The van der Waals surface area contributed by atoms with E-state index in [1.807, 2.05) is 28.0 Å². The molecule has 0 saturated carbocycles. The summed E-state index contributed by atoms with van der Waals surface area (Å²) in [5.41, 5.74) is 3.73. The van der Waals surface area contributed by atoms with Crippen LogP contribution in [0, 0.1) is 0 Å². The second-order valence-electron chi connectivity index (χ2n) is 8.20. The second kappa shape index (κ2) is 10.2. The lowest BCUT2D eigenvalue weighted by atomic mass is 10.0. The van der Waals surface area contributed by atoms with E-state index in [9.17, 15) is 4.79 Å². The summed E-state index contributed by atoms with van der Waals surface area (Å²) in [4.78, 5) is 17.1. The zero-order valence-electron chi connectivity index (χ0n) is 19.2. The summed E-state index contributed by atoms with van der Waals surface area (Å²) < 4.78 is 9.89. The molecular weight excluding hydrogens is 442 g/mol. The number of nitrogens with one attached hydrogen (secondary N) is 1. The van der Waals surface area contributed by atoms with E-state index in [1.165, 1.54) is 25.7 Å². The van der Waals surface area contributed by atoms with Gasteiger partial charge in [-0.05, 0) is 42.2 Å². The predicted octanol–water partition coefficient (Wildman–Crippen LogP) is 6.45. The lowest BCUT2D eigenvalue weighted by Gasteiger charge is -2.11. The van der Waals surface area contributed by atoms with Gasteiger partial charge in [-0.1, -0.05) is 55.5 Å². The van der Waals surface area contributed by atoms with Crippen molar-refractivity contribution in [2.45, 2.75) is 19.8 Å². The van der Waals surface area contributed by atoms with Crippen molar-refractivity contribution >= 4 is 37.4 Å². The Hall–Kier alpha value is -3.48. The molecule has 172 valence electrons. The van der Waals surface area contributed by atoms with E-state index < -0.39 is 0 Å². The molecule has 1 N–H and O–H groups in total. The molecule has 6 heteroatoms. The number of aromatic nitrogens is 2. The highest BCUT2D eigenvalue weighted by molar-refractivity contribution is 7.26. The van der Waals surface area contributed by atoms with Crippen LogP contribution in [0.25, 0.3) is 37.0 Å². The SMILES string of the molecule is CCCOCCCNC(=O)c1cncn1-c1cccc(-c2cccc3c2sc2ccccc23)c1. The normalized spacial score (nSPS) is 11.3. The molecule has 1 amide bonds. The van der Waals surface area contributed by atoms with Crippen LogP contribution in [0.2, 0.25) is 0 Å². The average Bonchev–Trinajstić information content (AvgIpc) is 3.51. The first kappa shape index (κ1) is 22.3. The Bertz CT molecular complexity index is 1440. The minimum Gasteiger partial charge on any atom is -0.381 e. The summed E-state index contributed by atoms with van der Waals surface area (Å²) in [5.74, 6) is -0.134. The fourth-order valence-electron chi connectivity index (χ4n) is 4.18. The summed E-state index contributed by atoms with van der Waals surface area (Å²) in [7, 11) is 0. The molecule has 0 spiro atoms. The fourth-order valence-corrected chi connectivity index (χ4v) is 5.42. The average molecular weight is 470 g/mol. The van der Waals surface area contributed by atoms with Gasteiger partial charge in [0.05, 0.1) is 12.5 Å². The molecule has 5 rings (SSSR count). The summed E-state index contributed by atoms with van der Waals surface area (Å²) in [5, 5.41) is 5.54. The highest BCUT2D eigenvalue weighted by Crippen LogP contribution is 2.40. The third-order valence-corrected chi connectivity index (χ3v) is 7.03. The van der Waals surface area contributed by atoms with Gasteiger partial charge >= 0.3 is 0 Å². The molecule has 0 atom stereocenters. The zero-order chi connectivity index (χ0) is 23.3. The Kier molecular flexibility index (Phi) is 6.70. The molecule has 0 radical (unpaired) electrons. The van der Waals surface area contributed by atoms with E-state index in [2.05, 4.69) is 71.8 Å². The van der Waals surface area contributed by atoms with Gasteiger partial charge in [-0.3, -0.25) is 9.36 Å². The van der Waals surface area contributed by atoms with Crippen molar-refractivity contribution in [3.05, 3.63) is 84.9 Å². The molecule has 0 aliphatic heterocycles. The number of amides is 1. The number of imidazole rings is 1. The van der Waals surface area contributed by atoms with Gasteiger partial charge in [0.25, 0.3) is 5.91 Å².